The Morgan fingerprint density at radius 1 is 1.56 bits per heavy atom. The first-order valence-electron chi connectivity index (χ1n) is 6.11. The lowest BCUT2D eigenvalue weighted by Gasteiger charge is -2.09. The molecule has 0 saturated heterocycles. The second-order valence-electron chi connectivity index (χ2n) is 4.42. The molecule has 1 unspecified atom stereocenters. The number of esters is 1. The Bertz CT molecular complexity index is 404. The van der Waals surface area contributed by atoms with Crippen LogP contribution in [0.3, 0.4) is 0 Å². The molecular weight excluding hydrogens is 250 g/mol. The number of aryl methyl sites for hydroxylation is 1. The predicted octanol–water partition coefficient (Wildman–Crippen LogP) is 2.17. The number of nitrogens with zero attached hydrogens (tertiary/aromatic N) is 1. The molecule has 0 saturated carbocycles. The molecule has 18 heavy (non-hydrogen) atoms. The van der Waals surface area contributed by atoms with E-state index in [9.17, 15) is 4.79 Å². The SMILES string of the molecule is CC[C@H](C)OC(=O)c1sc(NCC(C)N)nc1C. The van der Waals surface area contributed by atoms with Gasteiger partial charge in [-0.15, -0.1) is 0 Å². The first-order valence-corrected chi connectivity index (χ1v) is 6.93. The van der Waals surface area contributed by atoms with Crippen LogP contribution in [0.1, 0.15) is 42.6 Å². The monoisotopic (exact) mass is 271 g/mol. The summed E-state index contributed by atoms with van der Waals surface area (Å²) in [5, 5.41) is 3.81. The van der Waals surface area contributed by atoms with Gasteiger partial charge in [0.25, 0.3) is 0 Å². The van der Waals surface area contributed by atoms with Gasteiger partial charge >= 0.3 is 5.97 Å². The van der Waals surface area contributed by atoms with Crippen molar-refractivity contribution in [2.45, 2.75) is 46.3 Å². The number of thiazole rings is 1. The second kappa shape index (κ2) is 6.70. The van der Waals surface area contributed by atoms with E-state index in [0.717, 1.165) is 6.42 Å². The van der Waals surface area contributed by atoms with Crippen molar-refractivity contribution in [3.05, 3.63) is 10.6 Å². The minimum Gasteiger partial charge on any atom is -0.458 e. The van der Waals surface area contributed by atoms with Gasteiger partial charge in [-0.2, -0.15) is 0 Å². The first kappa shape index (κ1) is 14.9. The van der Waals surface area contributed by atoms with Gasteiger partial charge in [-0.1, -0.05) is 18.3 Å². The van der Waals surface area contributed by atoms with Crippen molar-refractivity contribution in [2.75, 3.05) is 11.9 Å². The van der Waals surface area contributed by atoms with Gasteiger partial charge in [-0.25, -0.2) is 9.78 Å². The third-order valence-electron chi connectivity index (χ3n) is 2.44. The second-order valence-corrected chi connectivity index (χ2v) is 5.41. The van der Waals surface area contributed by atoms with E-state index in [4.69, 9.17) is 10.5 Å². The summed E-state index contributed by atoms with van der Waals surface area (Å²) in [5.74, 6) is -0.298. The molecule has 0 bridgehead atoms. The van der Waals surface area contributed by atoms with Crippen LogP contribution in [0.5, 0.6) is 0 Å². The molecule has 2 atom stereocenters. The molecule has 0 aliphatic carbocycles. The van der Waals surface area contributed by atoms with Crippen LogP contribution in [0.15, 0.2) is 0 Å². The van der Waals surface area contributed by atoms with Crippen molar-refractivity contribution in [1.82, 2.24) is 4.98 Å². The zero-order chi connectivity index (χ0) is 13.7. The number of hydrogen-bond donors (Lipinski definition) is 2. The van der Waals surface area contributed by atoms with Gasteiger partial charge < -0.3 is 15.8 Å². The third kappa shape index (κ3) is 4.27. The maximum absolute atomic E-state index is 11.9. The molecule has 1 rings (SSSR count). The van der Waals surface area contributed by atoms with Crippen LogP contribution in [0.25, 0.3) is 0 Å². The van der Waals surface area contributed by atoms with Crippen molar-refractivity contribution in [2.24, 2.45) is 5.73 Å². The first-order chi connectivity index (χ1) is 8.43. The highest BCUT2D eigenvalue weighted by molar-refractivity contribution is 7.17. The van der Waals surface area contributed by atoms with E-state index in [0.29, 0.717) is 22.2 Å². The van der Waals surface area contributed by atoms with Gasteiger partial charge in [0, 0.05) is 12.6 Å². The number of nitrogens with two attached hydrogens (primary N) is 1. The molecule has 1 heterocycles. The summed E-state index contributed by atoms with van der Waals surface area (Å²) in [5.41, 5.74) is 6.35. The molecule has 1 aromatic rings. The topological polar surface area (TPSA) is 77.2 Å². The van der Waals surface area contributed by atoms with Crippen molar-refractivity contribution >= 4 is 22.4 Å². The molecule has 0 amide bonds. The summed E-state index contributed by atoms with van der Waals surface area (Å²) >= 11 is 1.31. The van der Waals surface area contributed by atoms with Crippen molar-refractivity contribution in [1.29, 1.82) is 0 Å². The fourth-order valence-corrected chi connectivity index (χ4v) is 2.09. The van der Waals surface area contributed by atoms with E-state index in [1.807, 2.05) is 20.8 Å². The summed E-state index contributed by atoms with van der Waals surface area (Å²) < 4.78 is 5.28. The highest BCUT2D eigenvalue weighted by Crippen LogP contribution is 2.23. The summed E-state index contributed by atoms with van der Waals surface area (Å²) in [4.78, 5) is 16.7. The molecule has 0 aromatic carbocycles. The minimum absolute atomic E-state index is 0.0460. The average Bonchev–Trinajstić information content (AvgIpc) is 2.67. The lowest BCUT2D eigenvalue weighted by Crippen LogP contribution is -2.25. The van der Waals surface area contributed by atoms with Gasteiger partial charge in [0.15, 0.2) is 5.13 Å². The fourth-order valence-electron chi connectivity index (χ4n) is 1.23. The summed E-state index contributed by atoms with van der Waals surface area (Å²) in [6.45, 7) is 8.20. The Kier molecular flexibility index (Phi) is 5.55. The molecule has 102 valence electrons. The highest BCUT2D eigenvalue weighted by Gasteiger charge is 2.18. The molecule has 5 nitrogen and oxygen atoms in total. The minimum atomic E-state index is -0.298. The highest BCUT2D eigenvalue weighted by atomic mass is 32.1. The Balaban J connectivity index is 2.69. The predicted molar refractivity (Wildman–Crippen MR) is 74.2 cm³/mol. The normalized spacial score (nSPS) is 14.1. The Morgan fingerprint density at radius 3 is 2.78 bits per heavy atom. The van der Waals surface area contributed by atoms with E-state index in [2.05, 4.69) is 10.3 Å². The summed E-state index contributed by atoms with van der Waals surface area (Å²) in [6.07, 6.45) is 0.735. The van der Waals surface area contributed by atoms with Crippen LogP contribution in [0.2, 0.25) is 0 Å². The maximum Gasteiger partial charge on any atom is 0.350 e. The lowest BCUT2D eigenvalue weighted by molar-refractivity contribution is 0.0339. The van der Waals surface area contributed by atoms with E-state index in [1.165, 1.54) is 11.3 Å². The van der Waals surface area contributed by atoms with E-state index in [-0.39, 0.29) is 18.1 Å². The van der Waals surface area contributed by atoms with E-state index in [1.54, 1.807) is 6.92 Å². The Labute approximate surface area is 112 Å². The lowest BCUT2D eigenvalue weighted by atomic mass is 10.3. The molecule has 1 aromatic heterocycles. The van der Waals surface area contributed by atoms with Crippen molar-refractivity contribution in [3.8, 4) is 0 Å². The summed E-state index contributed by atoms with van der Waals surface area (Å²) in [6, 6.07) is 0.0460. The van der Waals surface area contributed by atoms with Crippen LogP contribution in [0.4, 0.5) is 5.13 Å². The summed E-state index contributed by atoms with van der Waals surface area (Å²) in [7, 11) is 0. The number of hydrogen-bond acceptors (Lipinski definition) is 6. The van der Waals surface area contributed by atoms with Crippen LogP contribution >= 0.6 is 11.3 Å². The Hall–Kier alpha value is -1.14. The number of aromatic nitrogens is 1. The van der Waals surface area contributed by atoms with Crippen molar-refractivity contribution < 1.29 is 9.53 Å². The largest absolute Gasteiger partial charge is 0.458 e. The van der Waals surface area contributed by atoms with Crippen LogP contribution in [-0.2, 0) is 4.74 Å². The third-order valence-corrected chi connectivity index (χ3v) is 3.54. The zero-order valence-electron chi connectivity index (χ0n) is 11.3. The number of carbonyl (C=O) groups excluding carboxylic acids is 1. The van der Waals surface area contributed by atoms with Gasteiger partial charge in [0.1, 0.15) is 4.88 Å². The molecule has 0 radical (unpaired) electrons. The van der Waals surface area contributed by atoms with Gasteiger partial charge in [0.05, 0.1) is 11.8 Å². The zero-order valence-corrected chi connectivity index (χ0v) is 12.1. The average molecular weight is 271 g/mol. The number of ether oxygens (including phenoxy) is 1. The number of anilines is 1. The van der Waals surface area contributed by atoms with Crippen LogP contribution in [0, 0.1) is 6.92 Å². The number of carbonyl (C=O) groups is 1. The van der Waals surface area contributed by atoms with Gasteiger partial charge in [-0.3, -0.25) is 0 Å². The standard InChI is InChI=1S/C12H21N3O2S/c1-5-8(3)17-11(16)10-9(4)15-12(18-10)14-6-7(2)13/h7-8H,5-6,13H2,1-4H3,(H,14,15)/t7?,8-/m0/s1. The molecular formula is C12H21N3O2S. The van der Waals surface area contributed by atoms with Gasteiger partial charge in [-0.05, 0) is 27.2 Å². The smallest absolute Gasteiger partial charge is 0.350 e. The fraction of sp³-hybridized carbons (Fsp3) is 0.667. The quantitative estimate of drug-likeness (QED) is 0.775. The molecule has 0 fully saturated rings. The Morgan fingerprint density at radius 2 is 2.22 bits per heavy atom. The number of rotatable bonds is 6. The van der Waals surface area contributed by atoms with Gasteiger partial charge in [0.2, 0.25) is 0 Å². The molecule has 3 N–H and O–H groups in total. The van der Waals surface area contributed by atoms with Crippen molar-refractivity contribution in [3.63, 3.8) is 0 Å². The molecule has 6 heteroatoms. The van der Waals surface area contributed by atoms with Crippen LogP contribution in [-0.4, -0.2) is 29.6 Å². The van der Waals surface area contributed by atoms with E-state index >= 15 is 0 Å². The molecule has 0 spiro atoms. The van der Waals surface area contributed by atoms with Crippen LogP contribution < -0.4 is 11.1 Å². The maximum atomic E-state index is 11.9. The molecule has 0 aliphatic heterocycles. The molecule has 0 aliphatic rings. The number of nitrogens with one attached hydrogen (secondary N) is 1. The van der Waals surface area contributed by atoms with E-state index < -0.39 is 0 Å².